The molecule has 0 radical (unpaired) electrons. The zero-order chi connectivity index (χ0) is 27.3. The van der Waals surface area contributed by atoms with Gasteiger partial charge in [-0.2, -0.15) is 0 Å². The van der Waals surface area contributed by atoms with E-state index in [1.54, 1.807) is 75.3 Å². The number of ketones is 1. The fourth-order valence-electron chi connectivity index (χ4n) is 3.58. The van der Waals surface area contributed by atoms with Crippen molar-refractivity contribution in [2.75, 3.05) is 6.54 Å². The maximum Gasteiger partial charge on any atom is 0.408 e. The molecule has 3 N–H and O–H groups in total. The van der Waals surface area contributed by atoms with Gasteiger partial charge in [-0.05, 0) is 53.4 Å². The van der Waals surface area contributed by atoms with Gasteiger partial charge in [0.25, 0.3) is 0 Å². The maximum atomic E-state index is 13.6. The first-order valence-corrected chi connectivity index (χ1v) is 12.0. The number of rotatable bonds is 7. The van der Waals surface area contributed by atoms with Crippen molar-refractivity contribution in [3.05, 3.63) is 12.2 Å². The van der Waals surface area contributed by atoms with Crippen LogP contribution in [0.3, 0.4) is 0 Å². The Hall–Kier alpha value is -2.62. The number of amides is 3. The van der Waals surface area contributed by atoms with E-state index in [4.69, 9.17) is 9.47 Å². The normalized spacial score (nSPS) is 20.3. The summed E-state index contributed by atoms with van der Waals surface area (Å²) in [7, 11) is 0. The van der Waals surface area contributed by atoms with Gasteiger partial charge in [-0.1, -0.05) is 39.8 Å². The van der Waals surface area contributed by atoms with E-state index >= 15 is 0 Å². The lowest BCUT2D eigenvalue weighted by Gasteiger charge is -2.40. The molecule has 0 aromatic rings. The number of hydrogen-bond donors (Lipinski definition) is 3. The molecule has 10 nitrogen and oxygen atoms in total. The number of carbonyl (C=O) groups excluding carboxylic acids is 4. The summed E-state index contributed by atoms with van der Waals surface area (Å²) in [4.78, 5) is 53.1. The van der Waals surface area contributed by atoms with Crippen LogP contribution in [0.1, 0.15) is 69.2 Å². The third kappa shape index (κ3) is 9.51. The average molecular weight is 498 g/mol. The largest absolute Gasteiger partial charge is 0.444 e. The van der Waals surface area contributed by atoms with Crippen LogP contribution in [0.25, 0.3) is 0 Å². The molecule has 0 aromatic heterocycles. The zero-order valence-corrected chi connectivity index (χ0v) is 22.7. The first-order valence-electron chi connectivity index (χ1n) is 12.0. The van der Waals surface area contributed by atoms with Crippen LogP contribution in [0.4, 0.5) is 9.59 Å². The molecule has 35 heavy (non-hydrogen) atoms. The van der Waals surface area contributed by atoms with Crippen molar-refractivity contribution >= 4 is 23.9 Å². The number of alkyl carbamates (subject to hydrolysis) is 2. The molecular formula is C25H43N3O7. The summed E-state index contributed by atoms with van der Waals surface area (Å²) < 4.78 is 10.6. The van der Waals surface area contributed by atoms with Gasteiger partial charge in [-0.15, -0.1) is 0 Å². The number of nitrogens with zero attached hydrogens (tertiary/aromatic N) is 1. The predicted octanol–water partition coefficient (Wildman–Crippen LogP) is 2.78. The highest BCUT2D eigenvalue weighted by molar-refractivity contribution is 5.97. The van der Waals surface area contributed by atoms with E-state index in [-0.39, 0.29) is 18.4 Å². The van der Waals surface area contributed by atoms with Crippen molar-refractivity contribution in [3.63, 3.8) is 0 Å². The number of nitrogens with one attached hydrogen (secondary N) is 2. The van der Waals surface area contributed by atoms with E-state index in [0.717, 1.165) is 0 Å². The van der Waals surface area contributed by atoms with Gasteiger partial charge < -0.3 is 30.1 Å². The molecular weight excluding hydrogens is 454 g/mol. The standard InChI is InChI=1S/C25H43N3O7/c1-14(2)17(26-22(32)34-24(5,6)7)20(30)19-16(29)12-11-13-28(19)21(31)18(15(3)4)27-23(33)35-25(8,9)10/h11-12,14-19,29H,13H2,1-10H3,(H,26,32)(H,27,33)/t16?,17-,18-,19?/m1/s1. The lowest BCUT2D eigenvalue weighted by molar-refractivity contribution is -0.146. The molecule has 0 saturated heterocycles. The molecule has 200 valence electrons. The Bertz CT molecular complexity index is 809. The highest BCUT2D eigenvalue weighted by Gasteiger charge is 2.43. The molecule has 0 saturated carbocycles. The zero-order valence-electron chi connectivity index (χ0n) is 22.7. The number of aliphatic hydroxyl groups is 1. The van der Waals surface area contributed by atoms with Crippen LogP contribution in [0.5, 0.6) is 0 Å². The first-order chi connectivity index (χ1) is 15.8. The first kappa shape index (κ1) is 30.4. The summed E-state index contributed by atoms with van der Waals surface area (Å²) >= 11 is 0. The molecule has 1 heterocycles. The van der Waals surface area contributed by atoms with Crippen LogP contribution in [-0.4, -0.2) is 75.9 Å². The second-order valence-corrected chi connectivity index (χ2v) is 11.5. The van der Waals surface area contributed by atoms with E-state index in [9.17, 15) is 24.3 Å². The lowest BCUT2D eigenvalue weighted by atomic mass is 9.89. The summed E-state index contributed by atoms with van der Waals surface area (Å²) in [6.07, 6.45) is 0.226. The molecule has 0 aromatic carbocycles. The minimum atomic E-state index is -1.28. The van der Waals surface area contributed by atoms with Gasteiger partial charge in [-0.25, -0.2) is 9.59 Å². The SMILES string of the molecule is CC(C)[C@@H](NC(=O)OC(C)(C)C)C(=O)C1C(O)C=CCN1C(=O)[C@H](NC(=O)OC(C)(C)C)C(C)C. The Balaban J connectivity index is 3.21. The van der Waals surface area contributed by atoms with Gasteiger partial charge in [0.2, 0.25) is 5.91 Å². The fraction of sp³-hybridized carbons (Fsp3) is 0.760. The second-order valence-electron chi connectivity index (χ2n) is 11.5. The number of carbonyl (C=O) groups is 4. The summed E-state index contributed by atoms with van der Waals surface area (Å²) in [6.45, 7) is 17.3. The third-order valence-electron chi connectivity index (χ3n) is 5.12. The lowest BCUT2D eigenvalue weighted by Crippen LogP contribution is -2.63. The Kier molecular flexibility index (Phi) is 10.3. The molecule has 0 spiro atoms. The Morgan fingerprint density at radius 1 is 0.857 bits per heavy atom. The maximum absolute atomic E-state index is 13.6. The van der Waals surface area contributed by atoms with Crippen molar-refractivity contribution in [2.45, 2.75) is 105 Å². The number of ether oxygens (including phenoxy) is 2. The molecule has 0 aliphatic carbocycles. The highest BCUT2D eigenvalue weighted by Crippen LogP contribution is 2.21. The highest BCUT2D eigenvalue weighted by atomic mass is 16.6. The van der Waals surface area contributed by atoms with E-state index in [2.05, 4.69) is 10.6 Å². The predicted molar refractivity (Wildman–Crippen MR) is 132 cm³/mol. The minimum absolute atomic E-state index is 0.0583. The average Bonchev–Trinajstić information content (AvgIpc) is 2.66. The quantitative estimate of drug-likeness (QED) is 0.460. The molecule has 10 heteroatoms. The molecule has 2 unspecified atom stereocenters. The molecule has 0 bridgehead atoms. The van der Waals surface area contributed by atoms with E-state index in [0.29, 0.717) is 0 Å². The van der Waals surface area contributed by atoms with Crippen LogP contribution in [0.15, 0.2) is 12.2 Å². The number of Topliss-reactive ketones (excluding diaryl/α,β-unsaturated/α-hetero) is 1. The van der Waals surface area contributed by atoms with Gasteiger partial charge in [0, 0.05) is 6.54 Å². The Morgan fingerprint density at radius 2 is 1.29 bits per heavy atom. The van der Waals surface area contributed by atoms with E-state index in [1.807, 2.05) is 0 Å². The molecule has 3 amide bonds. The molecule has 1 aliphatic heterocycles. The summed E-state index contributed by atoms with van der Waals surface area (Å²) in [6, 6.07) is -3.26. The van der Waals surface area contributed by atoms with Gasteiger partial charge in [-0.3, -0.25) is 9.59 Å². The topological polar surface area (TPSA) is 134 Å². The van der Waals surface area contributed by atoms with E-state index in [1.165, 1.54) is 11.0 Å². The summed E-state index contributed by atoms with van der Waals surface area (Å²) in [5.41, 5.74) is -1.52. The van der Waals surface area contributed by atoms with Crippen molar-refractivity contribution in [1.82, 2.24) is 15.5 Å². The molecule has 4 atom stereocenters. The van der Waals surface area contributed by atoms with Gasteiger partial charge in [0.15, 0.2) is 5.78 Å². The van der Waals surface area contributed by atoms with Crippen LogP contribution in [0.2, 0.25) is 0 Å². The van der Waals surface area contributed by atoms with Crippen molar-refractivity contribution < 1.29 is 33.8 Å². The molecule has 0 fully saturated rings. The summed E-state index contributed by atoms with van der Waals surface area (Å²) in [5, 5.41) is 15.9. The van der Waals surface area contributed by atoms with Crippen molar-refractivity contribution in [3.8, 4) is 0 Å². The number of aliphatic hydroxyl groups excluding tert-OH is 1. The van der Waals surface area contributed by atoms with Crippen LogP contribution in [0, 0.1) is 11.8 Å². The third-order valence-corrected chi connectivity index (χ3v) is 5.12. The van der Waals surface area contributed by atoms with Crippen molar-refractivity contribution in [2.24, 2.45) is 11.8 Å². The number of hydrogen-bond acceptors (Lipinski definition) is 7. The minimum Gasteiger partial charge on any atom is -0.444 e. The van der Waals surface area contributed by atoms with Crippen LogP contribution in [-0.2, 0) is 19.1 Å². The van der Waals surface area contributed by atoms with Crippen LogP contribution >= 0.6 is 0 Å². The fourth-order valence-corrected chi connectivity index (χ4v) is 3.58. The van der Waals surface area contributed by atoms with Crippen molar-refractivity contribution in [1.29, 1.82) is 0 Å². The van der Waals surface area contributed by atoms with Gasteiger partial charge >= 0.3 is 12.2 Å². The molecule has 1 aliphatic rings. The second kappa shape index (κ2) is 11.9. The van der Waals surface area contributed by atoms with Gasteiger partial charge in [0.05, 0.1) is 12.1 Å². The summed E-state index contributed by atoms with van der Waals surface area (Å²) in [5.74, 6) is -1.73. The monoisotopic (exact) mass is 497 g/mol. The molecule has 1 rings (SSSR count). The Labute approximate surface area is 208 Å². The van der Waals surface area contributed by atoms with Gasteiger partial charge in [0.1, 0.15) is 23.3 Å². The van der Waals surface area contributed by atoms with Crippen LogP contribution < -0.4 is 10.6 Å². The smallest absolute Gasteiger partial charge is 0.408 e. The van der Waals surface area contributed by atoms with E-state index < -0.39 is 59.3 Å². The Morgan fingerprint density at radius 3 is 1.69 bits per heavy atom.